The van der Waals surface area contributed by atoms with Gasteiger partial charge in [0.1, 0.15) is 0 Å². The fourth-order valence-corrected chi connectivity index (χ4v) is 2.56. The van der Waals surface area contributed by atoms with Gasteiger partial charge in [0.05, 0.1) is 12.1 Å². The van der Waals surface area contributed by atoms with Gasteiger partial charge in [-0.3, -0.25) is 4.79 Å². The van der Waals surface area contributed by atoms with Crippen LogP contribution in [0.15, 0.2) is 24.3 Å². The Bertz CT molecular complexity index is 493. The predicted octanol–water partition coefficient (Wildman–Crippen LogP) is 3.07. The van der Waals surface area contributed by atoms with Crippen molar-refractivity contribution in [2.24, 2.45) is 0 Å². The highest BCUT2D eigenvalue weighted by Gasteiger charge is 2.33. The molecule has 0 aromatic heterocycles. The average Bonchev–Trinajstić information content (AvgIpc) is 2.43. The zero-order valence-electron chi connectivity index (χ0n) is 12.5. The molecular formula is C16H21F3N2O. The largest absolute Gasteiger partial charge is 0.416 e. The van der Waals surface area contributed by atoms with Gasteiger partial charge in [-0.15, -0.1) is 0 Å². The van der Waals surface area contributed by atoms with Crippen LogP contribution < -0.4 is 10.6 Å². The highest BCUT2D eigenvalue weighted by molar-refractivity contribution is 5.77. The summed E-state index contributed by atoms with van der Waals surface area (Å²) >= 11 is 0. The predicted molar refractivity (Wildman–Crippen MR) is 78.5 cm³/mol. The minimum atomic E-state index is -4.28. The Morgan fingerprint density at radius 3 is 2.41 bits per heavy atom. The molecule has 0 heterocycles. The molecule has 0 spiro atoms. The molecule has 122 valence electrons. The molecule has 0 atom stereocenters. The van der Waals surface area contributed by atoms with Gasteiger partial charge in [-0.25, -0.2) is 0 Å². The third kappa shape index (κ3) is 4.47. The van der Waals surface area contributed by atoms with Crippen molar-refractivity contribution < 1.29 is 18.0 Å². The van der Waals surface area contributed by atoms with E-state index in [0.717, 1.165) is 37.0 Å². The number of amides is 1. The first-order valence-electron chi connectivity index (χ1n) is 7.57. The Hall–Kier alpha value is -1.56. The van der Waals surface area contributed by atoms with Gasteiger partial charge < -0.3 is 10.6 Å². The van der Waals surface area contributed by atoms with E-state index in [1.807, 2.05) is 6.92 Å². The summed E-state index contributed by atoms with van der Waals surface area (Å²) < 4.78 is 37.5. The second-order valence-electron chi connectivity index (χ2n) is 5.72. The number of hydrogen-bond acceptors (Lipinski definition) is 2. The van der Waals surface area contributed by atoms with E-state index in [1.165, 1.54) is 0 Å². The third-order valence-electron chi connectivity index (χ3n) is 3.97. The average molecular weight is 314 g/mol. The summed E-state index contributed by atoms with van der Waals surface area (Å²) in [5, 5.41) is 5.96. The van der Waals surface area contributed by atoms with E-state index in [1.54, 1.807) is 12.1 Å². The summed E-state index contributed by atoms with van der Waals surface area (Å²) in [6, 6.07) is 5.64. The summed E-state index contributed by atoms with van der Waals surface area (Å²) in [4.78, 5) is 11.4. The number of hydrogen-bond donors (Lipinski definition) is 2. The van der Waals surface area contributed by atoms with Crippen LogP contribution in [0.1, 0.15) is 43.2 Å². The zero-order chi connectivity index (χ0) is 16.2. The number of alkyl halides is 3. The van der Waals surface area contributed by atoms with E-state index in [-0.39, 0.29) is 17.9 Å². The molecule has 6 heteroatoms. The molecule has 0 saturated heterocycles. The molecular weight excluding hydrogens is 293 g/mol. The van der Waals surface area contributed by atoms with Gasteiger partial charge in [0, 0.05) is 12.6 Å². The number of carbonyl (C=O) groups excluding carboxylic acids is 1. The van der Waals surface area contributed by atoms with Gasteiger partial charge in [0.25, 0.3) is 0 Å². The van der Waals surface area contributed by atoms with Crippen molar-refractivity contribution in [3.05, 3.63) is 35.4 Å². The summed E-state index contributed by atoms with van der Waals surface area (Å²) in [5.41, 5.74) is 0.319. The summed E-state index contributed by atoms with van der Waals surface area (Å²) in [7, 11) is 0. The van der Waals surface area contributed by atoms with Gasteiger partial charge in [-0.2, -0.15) is 13.2 Å². The number of benzene rings is 1. The summed E-state index contributed by atoms with van der Waals surface area (Å²) in [6.45, 7) is 2.97. The molecule has 1 saturated carbocycles. The molecule has 1 aromatic rings. The van der Waals surface area contributed by atoms with Gasteiger partial charge >= 0.3 is 6.18 Å². The molecule has 1 amide bonds. The van der Waals surface area contributed by atoms with Crippen molar-refractivity contribution in [1.82, 2.24) is 10.6 Å². The van der Waals surface area contributed by atoms with E-state index in [0.29, 0.717) is 13.1 Å². The highest BCUT2D eigenvalue weighted by Crippen LogP contribution is 2.38. The van der Waals surface area contributed by atoms with Crippen LogP contribution in [0.4, 0.5) is 13.2 Å². The van der Waals surface area contributed by atoms with Gasteiger partial charge in [-0.05, 0) is 42.9 Å². The molecule has 2 rings (SSSR count). The van der Waals surface area contributed by atoms with E-state index in [9.17, 15) is 18.0 Å². The molecule has 1 fully saturated rings. The summed E-state index contributed by atoms with van der Waals surface area (Å²) in [5.74, 6) is 0.262. The lowest BCUT2D eigenvalue weighted by molar-refractivity contribution is -0.137. The van der Waals surface area contributed by atoms with Crippen molar-refractivity contribution in [2.45, 2.75) is 44.3 Å². The standard InChI is InChI=1S/C16H21F3N2O/c1-2-7-20-15(22)10-21-14-8-12(9-14)11-3-5-13(6-4-11)16(17,18)19/h3-6,12,14,21H,2,7-10H2,1H3,(H,20,22). The van der Waals surface area contributed by atoms with Gasteiger partial charge in [-0.1, -0.05) is 19.1 Å². The van der Waals surface area contributed by atoms with Crippen LogP contribution in [0.2, 0.25) is 0 Å². The van der Waals surface area contributed by atoms with E-state index >= 15 is 0 Å². The lowest BCUT2D eigenvalue weighted by Gasteiger charge is -2.36. The fraction of sp³-hybridized carbons (Fsp3) is 0.562. The van der Waals surface area contributed by atoms with Gasteiger partial charge in [0.2, 0.25) is 5.91 Å². The van der Waals surface area contributed by atoms with Crippen LogP contribution in [-0.4, -0.2) is 25.0 Å². The Kier molecular flexibility index (Phi) is 5.45. The number of nitrogens with one attached hydrogen (secondary N) is 2. The molecule has 0 bridgehead atoms. The first-order chi connectivity index (χ1) is 10.4. The van der Waals surface area contributed by atoms with Crippen LogP contribution >= 0.6 is 0 Å². The molecule has 0 unspecified atom stereocenters. The molecule has 0 radical (unpaired) electrons. The SMILES string of the molecule is CCCNC(=O)CNC1CC(c2ccc(C(F)(F)F)cc2)C1. The maximum atomic E-state index is 12.5. The molecule has 1 aliphatic rings. The minimum Gasteiger partial charge on any atom is -0.355 e. The van der Waals surface area contributed by atoms with E-state index in [2.05, 4.69) is 10.6 Å². The first kappa shape index (κ1) is 16.8. The normalized spacial score (nSPS) is 21.3. The number of carbonyl (C=O) groups is 1. The van der Waals surface area contributed by atoms with Crippen LogP contribution in [0.3, 0.4) is 0 Å². The topological polar surface area (TPSA) is 41.1 Å². The molecule has 1 aromatic carbocycles. The van der Waals surface area contributed by atoms with Crippen molar-refractivity contribution in [3.63, 3.8) is 0 Å². The quantitative estimate of drug-likeness (QED) is 0.847. The molecule has 2 N–H and O–H groups in total. The minimum absolute atomic E-state index is 0.0140. The highest BCUT2D eigenvalue weighted by atomic mass is 19.4. The van der Waals surface area contributed by atoms with Crippen molar-refractivity contribution >= 4 is 5.91 Å². The van der Waals surface area contributed by atoms with Crippen LogP contribution in [0.25, 0.3) is 0 Å². The van der Waals surface area contributed by atoms with Crippen LogP contribution in [0.5, 0.6) is 0 Å². The Balaban J connectivity index is 1.73. The van der Waals surface area contributed by atoms with Crippen molar-refractivity contribution in [3.8, 4) is 0 Å². The molecule has 3 nitrogen and oxygen atoms in total. The number of halogens is 3. The second-order valence-corrected chi connectivity index (χ2v) is 5.72. The van der Waals surface area contributed by atoms with Crippen molar-refractivity contribution in [2.75, 3.05) is 13.1 Å². The Morgan fingerprint density at radius 2 is 1.86 bits per heavy atom. The molecule has 1 aliphatic carbocycles. The van der Waals surface area contributed by atoms with Crippen LogP contribution in [-0.2, 0) is 11.0 Å². The lowest BCUT2D eigenvalue weighted by Crippen LogP contribution is -2.45. The summed E-state index contributed by atoms with van der Waals surface area (Å²) in [6.07, 6.45) is -1.67. The van der Waals surface area contributed by atoms with Crippen LogP contribution in [0, 0.1) is 0 Å². The van der Waals surface area contributed by atoms with Gasteiger partial charge in [0.15, 0.2) is 0 Å². The Morgan fingerprint density at radius 1 is 1.23 bits per heavy atom. The second kappa shape index (κ2) is 7.13. The maximum absolute atomic E-state index is 12.5. The van der Waals surface area contributed by atoms with E-state index in [4.69, 9.17) is 0 Å². The fourth-order valence-electron chi connectivity index (χ4n) is 2.56. The zero-order valence-corrected chi connectivity index (χ0v) is 12.5. The molecule has 22 heavy (non-hydrogen) atoms. The lowest BCUT2D eigenvalue weighted by atomic mass is 9.75. The van der Waals surface area contributed by atoms with Crippen molar-refractivity contribution in [1.29, 1.82) is 0 Å². The van der Waals surface area contributed by atoms with E-state index < -0.39 is 11.7 Å². The third-order valence-corrected chi connectivity index (χ3v) is 3.97. The smallest absolute Gasteiger partial charge is 0.355 e. The Labute approximate surface area is 128 Å². The maximum Gasteiger partial charge on any atom is 0.416 e. The monoisotopic (exact) mass is 314 g/mol. The molecule has 0 aliphatic heterocycles. The number of rotatable bonds is 6. The first-order valence-corrected chi connectivity index (χ1v) is 7.57.